The van der Waals surface area contributed by atoms with Crippen molar-refractivity contribution in [2.45, 2.75) is 0 Å². The monoisotopic (exact) mass is 816 g/mol. The van der Waals surface area contributed by atoms with E-state index in [1.54, 1.807) is 0 Å². The number of hydrogen-bond donors (Lipinski definition) is 0. The summed E-state index contributed by atoms with van der Waals surface area (Å²) in [5, 5.41) is 9.40. The maximum absolute atomic E-state index is 6.20. The zero-order valence-corrected chi connectivity index (χ0v) is 34.5. The minimum Gasteiger partial charge on any atom is -0.456 e. The maximum Gasteiger partial charge on any atom is 0.164 e. The van der Waals surface area contributed by atoms with Gasteiger partial charge >= 0.3 is 0 Å². The number of furan rings is 1. The average Bonchev–Trinajstić information content (AvgIpc) is 3.91. The van der Waals surface area contributed by atoms with Crippen molar-refractivity contribution in [3.63, 3.8) is 0 Å². The van der Waals surface area contributed by atoms with Crippen molar-refractivity contribution >= 4 is 65.3 Å². The van der Waals surface area contributed by atoms with Crippen molar-refractivity contribution in [3.8, 4) is 62.1 Å². The molecule has 0 aliphatic carbocycles. The fraction of sp³-hybridized carbons (Fsp3) is 0. The van der Waals surface area contributed by atoms with Crippen molar-refractivity contribution in [1.29, 1.82) is 0 Å². The Bertz CT molecular complexity index is 3940. The van der Waals surface area contributed by atoms with Crippen LogP contribution in [-0.2, 0) is 0 Å². The molecule has 3 heterocycles. The minimum atomic E-state index is 0.592. The lowest BCUT2D eigenvalue weighted by molar-refractivity contribution is 0.669. The Labute approximate surface area is 368 Å². The first-order valence-corrected chi connectivity index (χ1v) is 21.6. The summed E-state index contributed by atoms with van der Waals surface area (Å²) < 4.78 is 8.65. The van der Waals surface area contributed by atoms with Crippen LogP contribution in [-0.4, -0.2) is 19.5 Å². The van der Waals surface area contributed by atoms with Crippen molar-refractivity contribution in [3.05, 3.63) is 218 Å². The van der Waals surface area contributed by atoms with Crippen LogP contribution in [0, 0.1) is 0 Å². The molecule has 0 saturated heterocycles. The number of rotatable bonds is 6. The van der Waals surface area contributed by atoms with Gasteiger partial charge in [-0.25, -0.2) is 15.0 Å². The molecular formula is C59H36N4O. The SMILES string of the molecule is c1ccc(-c2ccc(-c3cc(-c4nc(-c5ccccc5)nc(-c5ccc6oc7ccccc7c6c5)n4)ccc3-n3c4cc5ccccc5cc4c4c5ccccc5ccc43)cc2)cc1. The van der Waals surface area contributed by atoms with E-state index in [0.29, 0.717) is 17.5 Å². The van der Waals surface area contributed by atoms with Gasteiger partial charge in [0.25, 0.3) is 0 Å². The summed E-state index contributed by atoms with van der Waals surface area (Å²) >= 11 is 0. The van der Waals surface area contributed by atoms with Gasteiger partial charge < -0.3 is 8.98 Å². The van der Waals surface area contributed by atoms with Crippen molar-refractivity contribution in [2.24, 2.45) is 0 Å². The Kier molecular flexibility index (Phi) is 8.15. The molecule has 13 rings (SSSR count). The van der Waals surface area contributed by atoms with Crippen LogP contribution in [0.2, 0.25) is 0 Å². The molecule has 0 aliphatic rings. The Morgan fingerprint density at radius 2 is 0.859 bits per heavy atom. The molecule has 13 aromatic rings. The van der Waals surface area contributed by atoms with Gasteiger partial charge in [-0.15, -0.1) is 0 Å². The van der Waals surface area contributed by atoms with E-state index in [1.165, 1.54) is 37.9 Å². The summed E-state index contributed by atoms with van der Waals surface area (Å²) in [5.74, 6) is 1.79. The van der Waals surface area contributed by atoms with Crippen LogP contribution in [0.1, 0.15) is 0 Å². The van der Waals surface area contributed by atoms with E-state index < -0.39 is 0 Å². The van der Waals surface area contributed by atoms with E-state index in [-0.39, 0.29) is 0 Å². The number of aromatic nitrogens is 4. The number of nitrogens with zero attached hydrogens (tertiary/aromatic N) is 4. The van der Waals surface area contributed by atoms with E-state index in [2.05, 4.69) is 162 Å². The minimum absolute atomic E-state index is 0.592. The molecule has 0 aliphatic heterocycles. The highest BCUT2D eigenvalue weighted by Gasteiger charge is 2.21. The highest BCUT2D eigenvalue weighted by atomic mass is 16.3. The second kappa shape index (κ2) is 14.5. The summed E-state index contributed by atoms with van der Waals surface area (Å²) in [6, 6.07) is 77.2. The first kappa shape index (κ1) is 36.0. The van der Waals surface area contributed by atoms with Crippen LogP contribution in [0.25, 0.3) is 127 Å². The summed E-state index contributed by atoms with van der Waals surface area (Å²) in [7, 11) is 0. The van der Waals surface area contributed by atoms with Gasteiger partial charge in [-0.3, -0.25) is 0 Å². The van der Waals surface area contributed by atoms with Crippen molar-refractivity contribution in [2.75, 3.05) is 0 Å². The van der Waals surface area contributed by atoms with Gasteiger partial charge in [-0.1, -0.05) is 158 Å². The number of benzene rings is 10. The van der Waals surface area contributed by atoms with E-state index in [1.807, 2.05) is 60.7 Å². The molecule has 0 saturated carbocycles. The molecule has 0 bridgehead atoms. The average molecular weight is 817 g/mol. The van der Waals surface area contributed by atoms with Crippen LogP contribution < -0.4 is 0 Å². The number of fused-ring (bicyclic) bond motifs is 9. The Hall–Kier alpha value is -8.67. The largest absolute Gasteiger partial charge is 0.456 e. The van der Waals surface area contributed by atoms with Crippen molar-refractivity contribution in [1.82, 2.24) is 19.5 Å². The molecule has 10 aromatic carbocycles. The molecule has 0 atom stereocenters. The molecule has 0 amide bonds. The predicted octanol–water partition coefficient (Wildman–Crippen LogP) is 15.5. The fourth-order valence-corrected chi connectivity index (χ4v) is 9.52. The highest BCUT2D eigenvalue weighted by molar-refractivity contribution is 6.23. The first-order valence-electron chi connectivity index (χ1n) is 21.6. The Balaban J connectivity index is 1.06. The maximum atomic E-state index is 6.20. The normalized spacial score (nSPS) is 11.8. The van der Waals surface area contributed by atoms with Gasteiger partial charge in [-0.2, -0.15) is 0 Å². The molecule has 0 N–H and O–H groups in total. The first-order chi connectivity index (χ1) is 31.7. The van der Waals surface area contributed by atoms with Crippen molar-refractivity contribution < 1.29 is 4.42 Å². The summed E-state index contributed by atoms with van der Waals surface area (Å²) in [6.45, 7) is 0. The van der Waals surface area contributed by atoms with Crippen LogP contribution in [0.5, 0.6) is 0 Å². The van der Waals surface area contributed by atoms with E-state index in [9.17, 15) is 0 Å². The molecule has 5 heteroatoms. The predicted molar refractivity (Wildman–Crippen MR) is 264 cm³/mol. The topological polar surface area (TPSA) is 56.7 Å². The molecule has 0 unspecified atom stereocenters. The van der Waals surface area contributed by atoms with E-state index in [4.69, 9.17) is 19.4 Å². The molecule has 0 radical (unpaired) electrons. The van der Waals surface area contributed by atoms with Crippen LogP contribution >= 0.6 is 0 Å². The van der Waals surface area contributed by atoms with Gasteiger partial charge in [-0.05, 0) is 98.9 Å². The molecule has 0 fully saturated rings. The molecule has 3 aromatic heterocycles. The summed E-state index contributed by atoms with van der Waals surface area (Å²) in [5.41, 5.74) is 12.2. The van der Waals surface area contributed by atoms with Gasteiger partial charge in [0, 0.05) is 43.8 Å². The van der Waals surface area contributed by atoms with Gasteiger partial charge in [0.1, 0.15) is 11.2 Å². The highest BCUT2D eigenvalue weighted by Crippen LogP contribution is 2.42. The summed E-state index contributed by atoms with van der Waals surface area (Å²) in [6.07, 6.45) is 0. The van der Waals surface area contributed by atoms with E-state index in [0.717, 1.165) is 72.0 Å². The molecule has 298 valence electrons. The fourth-order valence-electron chi connectivity index (χ4n) is 9.52. The van der Waals surface area contributed by atoms with Gasteiger partial charge in [0.05, 0.1) is 16.7 Å². The van der Waals surface area contributed by atoms with Gasteiger partial charge in [0.2, 0.25) is 0 Å². The lowest BCUT2D eigenvalue weighted by Gasteiger charge is -2.17. The zero-order valence-electron chi connectivity index (χ0n) is 34.5. The summed E-state index contributed by atoms with van der Waals surface area (Å²) in [4.78, 5) is 15.6. The Morgan fingerprint density at radius 1 is 0.312 bits per heavy atom. The molecule has 64 heavy (non-hydrogen) atoms. The van der Waals surface area contributed by atoms with Crippen LogP contribution in [0.3, 0.4) is 0 Å². The molecule has 0 spiro atoms. The third kappa shape index (κ3) is 5.90. The van der Waals surface area contributed by atoms with Crippen LogP contribution in [0.4, 0.5) is 0 Å². The quantitative estimate of drug-likeness (QED) is 0.168. The number of para-hydroxylation sites is 1. The smallest absolute Gasteiger partial charge is 0.164 e. The third-order valence-corrected chi connectivity index (χ3v) is 12.6. The second-order valence-corrected chi connectivity index (χ2v) is 16.4. The number of hydrogen-bond acceptors (Lipinski definition) is 4. The van der Waals surface area contributed by atoms with Gasteiger partial charge in [0.15, 0.2) is 17.5 Å². The second-order valence-electron chi connectivity index (χ2n) is 16.4. The third-order valence-electron chi connectivity index (χ3n) is 12.6. The Morgan fingerprint density at radius 3 is 1.62 bits per heavy atom. The van der Waals surface area contributed by atoms with Crippen LogP contribution in [0.15, 0.2) is 223 Å². The lowest BCUT2D eigenvalue weighted by atomic mass is 9.97. The lowest BCUT2D eigenvalue weighted by Crippen LogP contribution is -2.02. The molecular weight excluding hydrogens is 781 g/mol. The zero-order chi connectivity index (χ0) is 42.1. The standard InChI is InChI=1S/C59H36N4O/c1-3-13-37(14-4-1)38-23-25-40(26-24-38)48-34-44(28-30-51(48)63-52-31-27-39-15-9-10-20-46(39)56(52)50-33-42-18-7-8-19-43(42)36-53(50)63)58-60-57(41-16-5-2-6-17-41)61-59(62-58)45-29-32-55-49(35-45)47-21-11-12-22-54(47)64-55/h1-36H. The van der Waals surface area contributed by atoms with E-state index >= 15 is 0 Å². The molecule has 5 nitrogen and oxygen atoms in total.